The van der Waals surface area contributed by atoms with Gasteiger partial charge in [0, 0.05) is 42.0 Å². The molecule has 5 heterocycles. The van der Waals surface area contributed by atoms with E-state index in [0.717, 1.165) is 59.0 Å². The van der Waals surface area contributed by atoms with Crippen LogP contribution in [0.5, 0.6) is 0 Å². The quantitative estimate of drug-likeness (QED) is 0.204. The van der Waals surface area contributed by atoms with Crippen molar-refractivity contribution in [2.75, 3.05) is 18.0 Å². The number of thiophene rings is 1. The van der Waals surface area contributed by atoms with E-state index in [0.29, 0.717) is 30.0 Å². The summed E-state index contributed by atoms with van der Waals surface area (Å²) in [5, 5.41) is 12.9. The number of fused-ring (bicyclic) bond motifs is 2. The molecule has 2 aromatic heterocycles. The van der Waals surface area contributed by atoms with Crippen molar-refractivity contribution in [3.63, 3.8) is 0 Å². The number of nitrogens with zero attached hydrogens (tertiary/aromatic N) is 4. The van der Waals surface area contributed by atoms with Crippen molar-refractivity contribution >= 4 is 34.8 Å². The molecule has 2 unspecified atom stereocenters. The van der Waals surface area contributed by atoms with Crippen LogP contribution in [0.3, 0.4) is 0 Å². The minimum absolute atomic E-state index is 0.0887. The summed E-state index contributed by atoms with van der Waals surface area (Å²) in [6.07, 6.45) is 17.0. The third-order valence-corrected chi connectivity index (χ3v) is 14.2. The van der Waals surface area contributed by atoms with Crippen LogP contribution in [-0.2, 0) is 21.4 Å². The van der Waals surface area contributed by atoms with Gasteiger partial charge in [0.05, 0.1) is 28.9 Å². The lowest BCUT2D eigenvalue weighted by atomic mass is 9.72. The van der Waals surface area contributed by atoms with Crippen molar-refractivity contribution in [2.24, 2.45) is 23.7 Å². The number of benzene rings is 1. The third-order valence-electron chi connectivity index (χ3n) is 12.7. The average Bonchev–Trinajstić information content (AvgIpc) is 3.92. The predicted octanol–water partition coefficient (Wildman–Crippen LogP) is 8.13. The SMILES string of the molecule is CCC[C@H]1CC[C@H](C2CCN(c3cnc(-c4ccc(C[C@H](NC(=O)c5ccc(C(C)(C)C)s5)C(=O)N5C6CCC5[C@@H](C(=O)O)C6)cc4)nc3)CC2)CC1. The Labute approximate surface area is 319 Å². The third kappa shape index (κ3) is 8.32. The number of carboxylic acid groups (broad SMARTS) is 1. The first kappa shape index (κ1) is 37.5. The van der Waals surface area contributed by atoms with Crippen LogP contribution in [0.2, 0.25) is 0 Å². The number of aliphatic carboxylic acids is 1. The van der Waals surface area contributed by atoms with Gasteiger partial charge in [0.15, 0.2) is 5.82 Å². The zero-order valence-corrected chi connectivity index (χ0v) is 32.7. The smallest absolute Gasteiger partial charge is 0.308 e. The molecule has 0 spiro atoms. The van der Waals surface area contributed by atoms with E-state index in [9.17, 15) is 19.5 Å². The number of carbonyl (C=O) groups excluding carboxylic acids is 2. The number of anilines is 1. The van der Waals surface area contributed by atoms with Crippen LogP contribution in [0.25, 0.3) is 11.4 Å². The van der Waals surface area contributed by atoms with Gasteiger partial charge in [0.25, 0.3) is 5.91 Å². The first-order valence-corrected chi connectivity index (χ1v) is 20.9. The van der Waals surface area contributed by atoms with E-state index < -0.39 is 17.9 Å². The number of carboxylic acids is 1. The second kappa shape index (κ2) is 15.9. The highest BCUT2D eigenvalue weighted by molar-refractivity contribution is 7.14. The van der Waals surface area contributed by atoms with E-state index in [2.05, 4.69) is 37.9 Å². The lowest BCUT2D eigenvalue weighted by Crippen LogP contribution is -2.51. The molecular weight excluding hydrogens is 683 g/mol. The number of carbonyl (C=O) groups is 3. The van der Waals surface area contributed by atoms with Crippen molar-refractivity contribution < 1.29 is 19.5 Å². The van der Waals surface area contributed by atoms with Crippen LogP contribution in [0.4, 0.5) is 5.69 Å². The number of hydrogen-bond acceptors (Lipinski definition) is 7. The van der Waals surface area contributed by atoms with Gasteiger partial charge in [0.2, 0.25) is 5.91 Å². The predicted molar refractivity (Wildman–Crippen MR) is 210 cm³/mol. The maximum atomic E-state index is 14.2. The number of rotatable bonds is 11. The van der Waals surface area contributed by atoms with Crippen LogP contribution in [0.15, 0.2) is 48.8 Å². The first-order valence-electron chi connectivity index (χ1n) is 20.1. The van der Waals surface area contributed by atoms with E-state index in [4.69, 9.17) is 9.97 Å². The van der Waals surface area contributed by atoms with Gasteiger partial charge in [-0.05, 0) is 85.8 Å². The summed E-state index contributed by atoms with van der Waals surface area (Å²) < 4.78 is 0. The van der Waals surface area contributed by atoms with E-state index >= 15 is 0 Å². The van der Waals surface area contributed by atoms with Crippen molar-refractivity contribution in [3.05, 3.63) is 64.1 Å². The van der Waals surface area contributed by atoms with Crippen molar-refractivity contribution in [2.45, 2.75) is 128 Å². The van der Waals surface area contributed by atoms with Crippen LogP contribution in [-0.4, -0.2) is 69.0 Å². The number of piperidine rings is 1. The summed E-state index contributed by atoms with van der Waals surface area (Å²) in [5.41, 5.74) is 2.77. The van der Waals surface area contributed by atoms with Gasteiger partial charge in [-0.2, -0.15) is 0 Å². The zero-order valence-electron chi connectivity index (χ0n) is 31.9. The van der Waals surface area contributed by atoms with Crippen molar-refractivity contribution in [1.82, 2.24) is 20.2 Å². The van der Waals surface area contributed by atoms with Crippen molar-refractivity contribution in [1.29, 1.82) is 0 Å². The second-order valence-electron chi connectivity index (χ2n) is 17.2. The molecule has 4 fully saturated rings. The standard InChI is InChI=1S/C43H57N5O4S/c1-5-6-27-7-11-29(12-8-27)30-19-21-47(22-20-30)33-25-44-39(45-26-33)31-13-9-28(10-14-31)23-35(46-40(49)37-17-18-38(53-37)43(2,3)4)41(50)48-32-15-16-36(48)34(24-32)42(51)52/h9-10,13-14,17-18,25-27,29-30,32,34-36H,5-8,11-12,15-16,19-24H2,1-4H3,(H,46,49)(H,51,52)/t27-,29-,32?,34-,35-,36?/m0/s1. The number of aromatic nitrogens is 2. The lowest BCUT2D eigenvalue weighted by molar-refractivity contribution is -0.143. The molecule has 4 aliphatic rings. The maximum Gasteiger partial charge on any atom is 0.308 e. The van der Waals surface area contributed by atoms with E-state index in [1.165, 1.54) is 62.7 Å². The molecule has 7 rings (SSSR count). The molecule has 1 saturated carbocycles. The zero-order chi connectivity index (χ0) is 37.3. The van der Waals surface area contributed by atoms with Gasteiger partial charge in [-0.25, -0.2) is 9.97 Å². The van der Waals surface area contributed by atoms with Gasteiger partial charge >= 0.3 is 5.97 Å². The monoisotopic (exact) mass is 739 g/mol. The second-order valence-corrected chi connectivity index (χ2v) is 18.3. The van der Waals surface area contributed by atoms with Crippen LogP contribution in [0, 0.1) is 23.7 Å². The summed E-state index contributed by atoms with van der Waals surface area (Å²) >= 11 is 1.44. The lowest BCUT2D eigenvalue weighted by Gasteiger charge is -2.39. The van der Waals surface area contributed by atoms with Gasteiger partial charge < -0.3 is 20.2 Å². The highest BCUT2D eigenvalue weighted by Gasteiger charge is 2.52. The summed E-state index contributed by atoms with van der Waals surface area (Å²) in [6, 6.07) is 10.4. The van der Waals surface area contributed by atoms with Crippen LogP contribution < -0.4 is 10.2 Å². The molecule has 2 N–H and O–H groups in total. The molecule has 1 aromatic carbocycles. The number of amides is 2. The highest BCUT2D eigenvalue weighted by atomic mass is 32.1. The molecule has 3 aromatic rings. The minimum atomic E-state index is -0.852. The van der Waals surface area contributed by atoms with Gasteiger partial charge in [0.1, 0.15) is 6.04 Å². The van der Waals surface area contributed by atoms with Gasteiger partial charge in [-0.15, -0.1) is 11.3 Å². The Morgan fingerprint density at radius 2 is 1.58 bits per heavy atom. The summed E-state index contributed by atoms with van der Waals surface area (Å²) in [6.45, 7) is 10.8. The molecule has 3 aliphatic heterocycles. The molecule has 1 aliphatic carbocycles. The van der Waals surface area contributed by atoms with E-state index in [1.807, 2.05) is 48.8 Å². The Morgan fingerprint density at radius 1 is 0.906 bits per heavy atom. The average molecular weight is 740 g/mol. The Bertz CT molecular complexity index is 1730. The number of hydrogen-bond donors (Lipinski definition) is 2. The molecule has 2 bridgehead atoms. The van der Waals surface area contributed by atoms with Gasteiger partial charge in [-0.1, -0.05) is 77.6 Å². The Hall–Kier alpha value is -3.79. The largest absolute Gasteiger partial charge is 0.481 e. The van der Waals surface area contributed by atoms with Gasteiger partial charge in [-0.3, -0.25) is 14.4 Å². The summed E-state index contributed by atoms with van der Waals surface area (Å²) in [4.78, 5) is 55.1. The molecule has 2 amide bonds. The Balaban J connectivity index is 0.995. The van der Waals surface area contributed by atoms with E-state index in [-0.39, 0.29) is 29.3 Å². The topological polar surface area (TPSA) is 116 Å². The first-order chi connectivity index (χ1) is 25.5. The molecule has 9 nitrogen and oxygen atoms in total. The minimum Gasteiger partial charge on any atom is -0.481 e. The molecule has 3 saturated heterocycles. The molecule has 53 heavy (non-hydrogen) atoms. The normalized spacial score (nSPS) is 25.4. The molecule has 10 heteroatoms. The molecule has 0 radical (unpaired) electrons. The van der Waals surface area contributed by atoms with Crippen LogP contribution in [0.1, 0.15) is 118 Å². The van der Waals surface area contributed by atoms with Crippen LogP contribution >= 0.6 is 11.3 Å². The van der Waals surface area contributed by atoms with Crippen molar-refractivity contribution in [3.8, 4) is 11.4 Å². The Kier molecular flexibility index (Phi) is 11.3. The molecule has 4 atom stereocenters. The fraction of sp³-hybridized carbons (Fsp3) is 0.605. The summed E-state index contributed by atoms with van der Waals surface area (Å²) in [5.74, 6) is 1.47. The summed E-state index contributed by atoms with van der Waals surface area (Å²) in [7, 11) is 0. The fourth-order valence-electron chi connectivity index (χ4n) is 9.71. The maximum absolute atomic E-state index is 14.2. The van der Waals surface area contributed by atoms with E-state index in [1.54, 1.807) is 4.90 Å². The molecular formula is C43H57N5O4S. The fourth-order valence-corrected chi connectivity index (χ4v) is 10.7. The number of nitrogens with one attached hydrogen (secondary N) is 1. The molecule has 284 valence electrons. The highest BCUT2D eigenvalue weighted by Crippen LogP contribution is 2.43. The Morgan fingerprint density at radius 3 is 2.19 bits per heavy atom.